The number of nitrogens with zero attached hydrogens (tertiary/aromatic N) is 1. The van der Waals surface area contributed by atoms with Crippen LogP contribution in [0.1, 0.15) is 5.56 Å². The predicted octanol–water partition coefficient (Wildman–Crippen LogP) is 2.98. The molecule has 132 valence electrons. The number of nitrogens with one attached hydrogen (secondary N) is 1. The van der Waals surface area contributed by atoms with Gasteiger partial charge in [0, 0.05) is 23.4 Å². The normalized spacial score (nSPS) is 12.3. The molecule has 1 amide bonds. The topological polar surface area (TPSA) is 89.8 Å². The summed E-state index contributed by atoms with van der Waals surface area (Å²) in [5.74, 6) is 1.61. The molecule has 1 N–H and O–H groups in total. The number of benzene rings is 2. The molecule has 0 saturated carbocycles. The van der Waals surface area contributed by atoms with E-state index in [0.717, 1.165) is 0 Å². The molecule has 3 rings (SSSR count). The van der Waals surface area contributed by atoms with E-state index in [1.807, 2.05) is 6.07 Å². The second-order valence-electron chi connectivity index (χ2n) is 5.30. The molecule has 2 aromatic carbocycles. The Morgan fingerprint density at radius 1 is 1.19 bits per heavy atom. The molecule has 0 spiro atoms. The summed E-state index contributed by atoms with van der Waals surface area (Å²) in [4.78, 5) is 12.4. The molecular formula is C19H16N2O5. The molecule has 7 heteroatoms. The summed E-state index contributed by atoms with van der Waals surface area (Å²) in [6.45, 7) is 0.118. The highest BCUT2D eigenvalue weighted by molar-refractivity contribution is 6.10. The minimum atomic E-state index is -0.541. The molecule has 0 aromatic heterocycles. The van der Waals surface area contributed by atoms with Gasteiger partial charge >= 0.3 is 0 Å². The zero-order valence-electron chi connectivity index (χ0n) is 14.2. The molecular weight excluding hydrogens is 336 g/mol. The van der Waals surface area contributed by atoms with Crippen molar-refractivity contribution in [3.05, 3.63) is 47.5 Å². The number of amides is 1. The number of carbonyl (C=O) groups excluding carboxylic acids is 1. The molecule has 1 heterocycles. The van der Waals surface area contributed by atoms with E-state index in [-0.39, 0.29) is 12.4 Å². The molecule has 2 aromatic rings. The Labute approximate surface area is 150 Å². The molecule has 0 atom stereocenters. The SMILES string of the molecule is COc1cccc(NC(=O)/C(C#N)=C/c2cc3c(cc2OC)OCO3)c1. The van der Waals surface area contributed by atoms with E-state index in [1.165, 1.54) is 20.3 Å². The Kier molecular flexibility index (Phi) is 4.94. The van der Waals surface area contributed by atoms with E-state index in [0.29, 0.717) is 34.2 Å². The number of hydrogen-bond donors (Lipinski definition) is 1. The van der Waals surface area contributed by atoms with Crippen LogP contribution < -0.4 is 24.3 Å². The van der Waals surface area contributed by atoms with Gasteiger partial charge in [-0.3, -0.25) is 4.79 Å². The van der Waals surface area contributed by atoms with Crippen molar-refractivity contribution in [1.29, 1.82) is 5.26 Å². The van der Waals surface area contributed by atoms with Gasteiger partial charge in [0.25, 0.3) is 5.91 Å². The average Bonchev–Trinajstić information content (AvgIpc) is 3.12. The second kappa shape index (κ2) is 7.49. The predicted molar refractivity (Wildman–Crippen MR) is 94.3 cm³/mol. The molecule has 0 radical (unpaired) electrons. The van der Waals surface area contributed by atoms with Crippen LogP contribution in [0.25, 0.3) is 6.08 Å². The monoisotopic (exact) mass is 352 g/mol. The third-order valence-electron chi connectivity index (χ3n) is 3.72. The highest BCUT2D eigenvalue weighted by Gasteiger charge is 2.18. The van der Waals surface area contributed by atoms with Crippen LogP contribution in [-0.2, 0) is 4.79 Å². The Bertz CT molecular complexity index is 915. The van der Waals surface area contributed by atoms with Crippen LogP contribution in [-0.4, -0.2) is 26.9 Å². The summed E-state index contributed by atoms with van der Waals surface area (Å²) in [5, 5.41) is 12.1. The Hall–Kier alpha value is -3.66. The lowest BCUT2D eigenvalue weighted by Crippen LogP contribution is -2.13. The lowest BCUT2D eigenvalue weighted by molar-refractivity contribution is -0.112. The van der Waals surface area contributed by atoms with Crippen molar-refractivity contribution < 1.29 is 23.7 Å². The molecule has 26 heavy (non-hydrogen) atoms. The fraction of sp³-hybridized carbons (Fsp3) is 0.158. The van der Waals surface area contributed by atoms with Crippen molar-refractivity contribution in [3.8, 4) is 29.1 Å². The lowest BCUT2D eigenvalue weighted by Gasteiger charge is -2.08. The van der Waals surface area contributed by atoms with E-state index in [9.17, 15) is 10.1 Å². The third kappa shape index (κ3) is 3.54. The number of rotatable bonds is 5. The minimum Gasteiger partial charge on any atom is -0.497 e. The van der Waals surface area contributed by atoms with Crippen molar-refractivity contribution in [1.82, 2.24) is 0 Å². The number of ether oxygens (including phenoxy) is 4. The Balaban J connectivity index is 1.88. The standard InChI is InChI=1S/C19H16N2O5/c1-23-15-5-3-4-14(8-15)21-19(22)13(10-20)6-12-7-17-18(26-11-25-17)9-16(12)24-2/h3-9H,11H2,1-2H3,(H,21,22)/b13-6+. The fourth-order valence-electron chi connectivity index (χ4n) is 2.43. The number of nitriles is 1. The average molecular weight is 352 g/mol. The number of methoxy groups -OCH3 is 2. The molecule has 0 fully saturated rings. The third-order valence-corrected chi connectivity index (χ3v) is 3.72. The zero-order valence-corrected chi connectivity index (χ0v) is 14.2. The number of hydrogen-bond acceptors (Lipinski definition) is 6. The summed E-state index contributed by atoms with van der Waals surface area (Å²) >= 11 is 0. The van der Waals surface area contributed by atoms with Gasteiger partial charge in [0.1, 0.15) is 23.1 Å². The van der Waals surface area contributed by atoms with Crippen molar-refractivity contribution in [2.75, 3.05) is 26.3 Å². The van der Waals surface area contributed by atoms with Gasteiger partial charge in [0.15, 0.2) is 11.5 Å². The Morgan fingerprint density at radius 3 is 2.65 bits per heavy atom. The van der Waals surface area contributed by atoms with Gasteiger partial charge in [0.05, 0.1) is 14.2 Å². The molecule has 1 aliphatic heterocycles. The van der Waals surface area contributed by atoms with Gasteiger partial charge in [-0.05, 0) is 24.3 Å². The molecule has 7 nitrogen and oxygen atoms in total. The van der Waals surface area contributed by atoms with Crippen molar-refractivity contribution in [2.45, 2.75) is 0 Å². The first kappa shape index (κ1) is 17.2. The number of carbonyl (C=O) groups is 1. The van der Waals surface area contributed by atoms with E-state index in [4.69, 9.17) is 18.9 Å². The van der Waals surface area contributed by atoms with Crippen LogP contribution in [0, 0.1) is 11.3 Å². The van der Waals surface area contributed by atoms with Gasteiger partial charge in [-0.1, -0.05) is 6.07 Å². The Morgan fingerprint density at radius 2 is 1.96 bits per heavy atom. The van der Waals surface area contributed by atoms with Gasteiger partial charge in [0.2, 0.25) is 6.79 Å². The van der Waals surface area contributed by atoms with Crippen LogP contribution in [0.4, 0.5) is 5.69 Å². The fourth-order valence-corrected chi connectivity index (χ4v) is 2.43. The first-order chi connectivity index (χ1) is 12.6. The summed E-state index contributed by atoms with van der Waals surface area (Å²) in [6.07, 6.45) is 1.44. The maximum Gasteiger partial charge on any atom is 0.266 e. The van der Waals surface area contributed by atoms with Crippen molar-refractivity contribution >= 4 is 17.7 Å². The van der Waals surface area contributed by atoms with Crippen LogP contribution in [0.3, 0.4) is 0 Å². The van der Waals surface area contributed by atoms with Crippen molar-refractivity contribution in [3.63, 3.8) is 0 Å². The summed E-state index contributed by atoms with van der Waals surface area (Å²) < 4.78 is 21.1. The summed E-state index contributed by atoms with van der Waals surface area (Å²) in [5.41, 5.74) is 0.979. The summed E-state index contributed by atoms with van der Waals surface area (Å²) in [7, 11) is 3.03. The number of anilines is 1. The van der Waals surface area contributed by atoms with E-state index < -0.39 is 5.91 Å². The molecule has 1 aliphatic rings. The maximum absolute atomic E-state index is 12.4. The van der Waals surface area contributed by atoms with Gasteiger partial charge in [-0.25, -0.2) is 0 Å². The lowest BCUT2D eigenvalue weighted by atomic mass is 10.1. The largest absolute Gasteiger partial charge is 0.497 e. The van der Waals surface area contributed by atoms with Gasteiger partial charge in [-0.15, -0.1) is 0 Å². The first-order valence-corrected chi connectivity index (χ1v) is 7.69. The zero-order chi connectivity index (χ0) is 18.5. The second-order valence-corrected chi connectivity index (χ2v) is 5.30. The first-order valence-electron chi connectivity index (χ1n) is 7.69. The molecule has 0 saturated heterocycles. The molecule has 0 unspecified atom stereocenters. The quantitative estimate of drug-likeness (QED) is 0.657. The van der Waals surface area contributed by atoms with E-state index >= 15 is 0 Å². The number of fused-ring (bicyclic) bond motifs is 1. The van der Waals surface area contributed by atoms with Crippen LogP contribution in [0.15, 0.2) is 42.0 Å². The van der Waals surface area contributed by atoms with Gasteiger partial charge < -0.3 is 24.3 Å². The highest BCUT2D eigenvalue weighted by Crippen LogP contribution is 2.38. The molecule has 0 bridgehead atoms. The van der Waals surface area contributed by atoms with Gasteiger partial charge in [-0.2, -0.15) is 5.26 Å². The van der Waals surface area contributed by atoms with E-state index in [1.54, 1.807) is 36.4 Å². The summed E-state index contributed by atoms with van der Waals surface area (Å²) in [6, 6.07) is 12.1. The minimum absolute atomic E-state index is 0.0787. The van der Waals surface area contributed by atoms with Crippen LogP contribution >= 0.6 is 0 Å². The van der Waals surface area contributed by atoms with Crippen molar-refractivity contribution in [2.24, 2.45) is 0 Å². The van der Waals surface area contributed by atoms with Crippen LogP contribution in [0.5, 0.6) is 23.0 Å². The highest BCUT2D eigenvalue weighted by atomic mass is 16.7. The smallest absolute Gasteiger partial charge is 0.266 e. The molecule has 0 aliphatic carbocycles. The maximum atomic E-state index is 12.4. The van der Waals surface area contributed by atoms with E-state index in [2.05, 4.69) is 5.32 Å². The van der Waals surface area contributed by atoms with Crippen LogP contribution in [0.2, 0.25) is 0 Å².